The highest BCUT2D eigenvalue weighted by atomic mass is 19.1. The van der Waals surface area contributed by atoms with Crippen LogP contribution in [-0.4, -0.2) is 6.04 Å². The van der Waals surface area contributed by atoms with Crippen molar-refractivity contribution >= 4 is 5.69 Å². The summed E-state index contributed by atoms with van der Waals surface area (Å²) >= 11 is 0. The molecule has 0 spiro atoms. The van der Waals surface area contributed by atoms with Gasteiger partial charge in [0.15, 0.2) is 0 Å². The molecule has 0 heterocycles. The highest BCUT2D eigenvalue weighted by molar-refractivity contribution is 5.51. The highest BCUT2D eigenvalue weighted by Gasteiger charge is 2.29. The fourth-order valence-electron chi connectivity index (χ4n) is 2.51. The van der Waals surface area contributed by atoms with Crippen LogP contribution in [0.15, 0.2) is 48.5 Å². The van der Waals surface area contributed by atoms with E-state index in [0.29, 0.717) is 12.6 Å². The Labute approximate surface area is 119 Å². The smallest absolute Gasteiger partial charge is 0.125 e. The van der Waals surface area contributed by atoms with Crippen LogP contribution >= 0.6 is 0 Å². The number of rotatable bonds is 5. The molecule has 104 valence electrons. The molecule has 0 aliphatic heterocycles. The average molecular weight is 270 g/mol. The number of anilines is 1. The maximum Gasteiger partial charge on any atom is 0.125 e. The van der Waals surface area contributed by atoms with Crippen LogP contribution in [0.25, 0.3) is 0 Å². The molecule has 0 unspecified atom stereocenters. The Bertz CT molecular complexity index is 579. The monoisotopic (exact) mass is 270 g/mol. The fraction of sp³-hybridized carbons (Fsp3) is 0.294. The zero-order valence-corrected chi connectivity index (χ0v) is 11.4. The standard InChI is InChI=1S/C17H19FN2/c18-15-8-14(11-19)9-17(10-15)20(16-6-7-16)12-13-4-2-1-3-5-13/h1-5,8-10,16H,6-7,11-12,19H2. The van der Waals surface area contributed by atoms with Gasteiger partial charge in [0, 0.05) is 24.8 Å². The number of nitrogens with zero attached hydrogens (tertiary/aromatic N) is 1. The van der Waals surface area contributed by atoms with Crippen LogP contribution in [0, 0.1) is 5.82 Å². The van der Waals surface area contributed by atoms with Crippen LogP contribution in [0.1, 0.15) is 24.0 Å². The van der Waals surface area contributed by atoms with E-state index in [0.717, 1.165) is 17.8 Å². The Morgan fingerprint density at radius 2 is 1.80 bits per heavy atom. The lowest BCUT2D eigenvalue weighted by molar-refractivity contribution is 0.623. The van der Waals surface area contributed by atoms with Gasteiger partial charge in [-0.25, -0.2) is 4.39 Å². The van der Waals surface area contributed by atoms with Crippen molar-refractivity contribution in [3.8, 4) is 0 Å². The van der Waals surface area contributed by atoms with Gasteiger partial charge in [0.2, 0.25) is 0 Å². The van der Waals surface area contributed by atoms with E-state index in [1.54, 1.807) is 6.07 Å². The molecule has 2 aromatic carbocycles. The number of hydrogen-bond acceptors (Lipinski definition) is 2. The van der Waals surface area contributed by atoms with Crippen LogP contribution < -0.4 is 10.6 Å². The molecule has 2 N–H and O–H groups in total. The van der Waals surface area contributed by atoms with Gasteiger partial charge in [-0.3, -0.25) is 0 Å². The normalized spacial score (nSPS) is 14.3. The van der Waals surface area contributed by atoms with E-state index in [4.69, 9.17) is 5.73 Å². The summed E-state index contributed by atoms with van der Waals surface area (Å²) < 4.78 is 13.7. The first kappa shape index (κ1) is 13.1. The summed E-state index contributed by atoms with van der Waals surface area (Å²) in [7, 11) is 0. The van der Waals surface area contributed by atoms with E-state index in [1.807, 2.05) is 24.3 Å². The first-order valence-electron chi connectivity index (χ1n) is 7.06. The maximum absolute atomic E-state index is 13.7. The lowest BCUT2D eigenvalue weighted by atomic mass is 10.1. The summed E-state index contributed by atoms with van der Waals surface area (Å²) in [5.74, 6) is -0.207. The number of hydrogen-bond donors (Lipinski definition) is 1. The molecular formula is C17H19FN2. The van der Waals surface area contributed by atoms with Gasteiger partial charge in [0.25, 0.3) is 0 Å². The topological polar surface area (TPSA) is 29.3 Å². The zero-order valence-electron chi connectivity index (χ0n) is 11.4. The molecule has 0 amide bonds. The molecule has 3 heteroatoms. The minimum Gasteiger partial charge on any atom is -0.364 e. The number of halogens is 1. The van der Waals surface area contributed by atoms with E-state index in [-0.39, 0.29) is 5.82 Å². The van der Waals surface area contributed by atoms with Crippen molar-refractivity contribution in [1.82, 2.24) is 0 Å². The van der Waals surface area contributed by atoms with Gasteiger partial charge in [-0.05, 0) is 42.2 Å². The molecular weight excluding hydrogens is 251 g/mol. The third-order valence-corrected chi connectivity index (χ3v) is 3.69. The predicted octanol–water partition coefficient (Wildman–Crippen LogP) is 3.45. The van der Waals surface area contributed by atoms with E-state index in [1.165, 1.54) is 24.5 Å². The predicted molar refractivity (Wildman–Crippen MR) is 79.9 cm³/mol. The van der Waals surface area contributed by atoms with Crippen molar-refractivity contribution in [2.75, 3.05) is 4.90 Å². The molecule has 0 bridgehead atoms. The molecule has 0 aromatic heterocycles. The Balaban J connectivity index is 1.89. The maximum atomic E-state index is 13.7. The molecule has 1 fully saturated rings. The van der Waals surface area contributed by atoms with Crippen molar-refractivity contribution in [1.29, 1.82) is 0 Å². The summed E-state index contributed by atoms with van der Waals surface area (Å²) in [5, 5.41) is 0. The quantitative estimate of drug-likeness (QED) is 0.901. The van der Waals surface area contributed by atoms with Crippen molar-refractivity contribution in [2.45, 2.75) is 32.0 Å². The summed E-state index contributed by atoms with van der Waals surface area (Å²) in [5.41, 5.74) is 8.68. The van der Waals surface area contributed by atoms with E-state index >= 15 is 0 Å². The Hall–Kier alpha value is -1.87. The van der Waals surface area contributed by atoms with Gasteiger partial charge >= 0.3 is 0 Å². The van der Waals surface area contributed by atoms with Gasteiger partial charge in [-0.1, -0.05) is 30.3 Å². The third kappa shape index (κ3) is 2.99. The fourth-order valence-corrected chi connectivity index (χ4v) is 2.51. The molecule has 0 atom stereocenters. The van der Waals surface area contributed by atoms with E-state index in [2.05, 4.69) is 17.0 Å². The molecule has 1 aliphatic rings. The van der Waals surface area contributed by atoms with E-state index in [9.17, 15) is 4.39 Å². The van der Waals surface area contributed by atoms with Crippen molar-refractivity contribution in [2.24, 2.45) is 5.73 Å². The van der Waals surface area contributed by atoms with Crippen LogP contribution in [0.4, 0.5) is 10.1 Å². The first-order chi connectivity index (χ1) is 9.76. The van der Waals surface area contributed by atoms with Crippen molar-refractivity contribution in [3.05, 3.63) is 65.5 Å². The largest absolute Gasteiger partial charge is 0.364 e. The second-order valence-corrected chi connectivity index (χ2v) is 5.37. The number of benzene rings is 2. The van der Waals surface area contributed by atoms with Gasteiger partial charge in [0.1, 0.15) is 5.82 Å². The minimum atomic E-state index is -0.207. The van der Waals surface area contributed by atoms with Gasteiger partial charge < -0.3 is 10.6 Å². The summed E-state index contributed by atoms with van der Waals surface area (Å²) in [4.78, 5) is 2.29. The number of nitrogens with two attached hydrogens (primary N) is 1. The summed E-state index contributed by atoms with van der Waals surface area (Å²) in [6.07, 6.45) is 2.36. The molecule has 3 rings (SSSR count). The van der Waals surface area contributed by atoms with Crippen LogP contribution in [0.5, 0.6) is 0 Å². The molecule has 1 saturated carbocycles. The lowest BCUT2D eigenvalue weighted by Gasteiger charge is -2.25. The molecule has 0 radical (unpaired) electrons. The van der Waals surface area contributed by atoms with Crippen molar-refractivity contribution in [3.63, 3.8) is 0 Å². The Morgan fingerprint density at radius 3 is 2.45 bits per heavy atom. The Kier molecular flexibility index (Phi) is 3.70. The molecule has 2 nitrogen and oxygen atoms in total. The van der Waals surface area contributed by atoms with Gasteiger partial charge in [0.05, 0.1) is 0 Å². The Morgan fingerprint density at radius 1 is 1.05 bits per heavy atom. The second-order valence-electron chi connectivity index (χ2n) is 5.37. The van der Waals surface area contributed by atoms with Gasteiger partial charge in [-0.2, -0.15) is 0 Å². The average Bonchev–Trinajstić information content (AvgIpc) is 3.29. The third-order valence-electron chi connectivity index (χ3n) is 3.69. The molecule has 20 heavy (non-hydrogen) atoms. The second kappa shape index (κ2) is 5.63. The molecule has 1 aliphatic carbocycles. The van der Waals surface area contributed by atoms with Crippen LogP contribution in [0.3, 0.4) is 0 Å². The van der Waals surface area contributed by atoms with Crippen molar-refractivity contribution < 1.29 is 4.39 Å². The first-order valence-corrected chi connectivity index (χ1v) is 7.06. The van der Waals surface area contributed by atoms with E-state index < -0.39 is 0 Å². The highest BCUT2D eigenvalue weighted by Crippen LogP contribution is 2.33. The van der Waals surface area contributed by atoms with Gasteiger partial charge in [-0.15, -0.1) is 0 Å². The zero-order chi connectivity index (χ0) is 13.9. The summed E-state index contributed by atoms with van der Waals surface area (Å²) in [6.45, 7) is 1.19. The molecule has 0 saturated heterocycles. The SMILES string of the molecule is NCc1cc(F)cc(N(Cc2ccccc2)C2CC2)c1. The lowest BCUT2D eigenvalue weighted by Crippen LogP contribution is -2.25. The minimum absolute atomic E-state index is 0.207. The van der Waals surface area contributed by atoms with Crippen LogP contribution in [-0.2, 0) is 13.1 Å². The van der Waals surface area contributed by atoms with Crippen LogP contribution in [0.2, 0.25) is 0 Å². The summed E-state index contributed by atoms with van der Waals surface area (Å²) in [6, 6.07) is 16.0. The molecule has 2 aromatic rings.